The summed E-state index contributed by atoms with van der Waals surface area (Å²) in [6.07, 6.45) is 2.96. The fourth-order valence-corrected chi connectivity index (χ4v) is 7.40. The van der Waals surface area contributed by atoms with Crippen molar-refractivity contribution in [1.29, 1.82) is 0 Å². The van der Waals surface area contributed by atoms with Gasteiger partial charge in [0.1, 0.15) is 17.1 Å². The van der Waals surface area contributed by atoms with E-state index in [2.05, 4.69) is 26.6 Å². The minimum atomic E-state index is -3.82. The van der Waals surface area contributed by atoms with E-state index in [0.29, 0.717) is 79.5 Å². The third-order valence-corrected chi connectivity index (χ3v) is 10.1. The third kappa shape index (κ3) is 6.90. The van der Waals surface area contributed by atoms with Crippen molar-refractivity contribution in [3.8, 4) is 22.8 Å². The second-order valence-electron chi connectivity index (χ2n) is 11.0. The van der Waals surface area contributed by atoms with Crippen molar-refractivity contribution >= 4 is 36.8 Å². The number of anilines is 1. The number of hydrogen-bond acceptors (Lipinski definition) is 9. The zero-order valence-corrected chi connectivity index (χ0v) is 27.5. The van der Waals surface area contributed by atoms with Crippen molar-refractivity contribution in [3.05, 3.63) is 58.5 Å². The normalized spacial score (nSPS) is 15.0. The van der Waals surface area contributed by atoms with Gasteiger partial charge in [-0.1, -0.05) is 39.3 Å². The predicted molar refractivity (Wildman–Crippen MR) is 174 cm³/mol. The first kappa shape index (κ1) is 32.6. The number of para-hydroxylation sites is 2. The lowest BCUT2D eigenvalue weighted by atomic mass is 10.1. The predicted octanol–water partition coefficient (Wildman–Crippen LogP) is 3.21. The molecule has 15 heteroatoms. The molecule has 1 saturated heterocycles. The molecule has 2 N–H and O–H groups in total. The molecule has 0 radical (unpaired) electrons. The first-order chi connectivity index (χ1) is 21.5. The van der Waals surface area contributed by atoms with Crippen molar-refractivity contribution in [1.82, 2.24) is 29.0 Å². The number of ether oxygens (including phenoxy) is 1. The van der Waals surface area contributed by atoms with Gasteiger partial charge in [-0.05, 0) is 49.7 Å². The molecule has 0 spiro atoms. The Labute approximate surface area is 263 Å². The highest BCUT2D eigenvalue weighted by atomic mass is 32.2. The molecule has 45 heavy (non-hydrogen) atoms. The summed E-state index contributed by atoms with van der Waals surface area (Å²) in [7, 11) is -7.42. The molecule has 0 unspecified atom stereocenters. The van der Waals surface area contributed by atoms with E-state index in [1.54, 1.807) is 35.0 Å². The molecule has 4 aromatic rings. The van der Waals surface area contributed by atoms with Crippen LogP contribution in [0.1, 0.15) is 39.3 Å². The molecule has 13 nitrogen and oxygen atoms in total. The van der Waals surface area contributed by atoms with Crippen LogP contribution in [0.25, 0.3) is 28.1 Å². The molecule has 242 valence electrons. The van der Waals surface area contributed by atoms with Crippen LogP contribution in [0.5, 0.6) is 5.75 Å². The Balaban J connectivity index is 1.66. The Hall–Kier alpha value is -3.79. The molecule has 0 saturated carbocycles. The minimum Gasteiger partial charge on any atom is -0.493 e. The summed E-state index contributed by atoms with van der Waals surface area (Å²) in [6.45, 7) is 9.30. The Kier molecular flexibility index (Phi) is 9.63. The molecule has 3 heterocycles. The molecule has 1 aliphatic rings. The molecule has 0 aliphatic carbocycles. The van der Waals surface area contributed by atoms with Crippen LogP contribution in [-0.4, -0.2) is 91.4 Å². The summed E-state index contributed by atoms with van der Waals surface area (Å²) >= 11 is 0. The monoisotopic (exact) mass is 657 g/mol. The van der Waals surface area contributed by atoms with Crippen molar-refractivity contribution < 1.29 is 21.6 Å². The molecule has 1 fully saturated rings. The summed E-state index contributed by atoms with van der Waals surface area (Å²) < 4.78 is 63.1. The fourth-order valence-electron chi connectivity index (χ4n) is 5.38. The van der Waals surface area contributed by atoms with Gasteiger partial charge < -0.3 is 14.6 Å². The van der Waals surface area contributed by atoms with Crippen molar-refractivity contribution in [2.75, 3.05) is 50.3 Å². The van der Waals surface area contributed by atoms with E-state index in [4.69, 9.17) is 9.72 Å². The number of piperazine rings is 1. The quantitative estimate of drug-likeness (QED) is 0.233. The van der Waals surface area contributed by atoms with Gasteiger partial charge in [-0.3, -0.25) is 9.52 Å². The Morgan fingerprint density at radius 2 is 1.69 bits per heavy atom. The lowest BCUT2D eigenvalue weighted by Gasteiger charge is -2.33. The van der Waals surface area contributed by atoms with Crippen LogP contribution in [-0.2, 0) is 26.5 Å². The van der Waals surface area contributed by atoms with E-state index in [0.717, 1.165) is 19.2 Å². The molecular formula is C30H39N7O6S2. The number of rotatable bonds is 12. The Bertz CT molecular complexity index is 1960. The van der Waals surface area contributed by atoms with E-state index in [1.165, 1.54) is 16.4 Å². The second kappa shape index (κ2) is 13.3. The van der Waals surface area contributed by atoms with Gasteiger partial charge in [-0.15, -0.1) is 0 Å². The van der Waals surface area contributed by atoms with Crippen LogP contribution >= 0.6 is 0 Å². The number of fused-ring (bicyclic) bond motifs is 1. The maximum Gasteiger partial charge on any atom is 0.279 e. The zero-order valence-electron chi connectivity index (χ0n) is 25.9. The maximum absolute atomic E-state index is 13.7. The van der Waals surface area contributed by atoms with Gasteiger partial charge in [-0.2, -0.15) is 9.40 Å². The summed E-state index contributed by atoms with van der Waals surface area (Å²) in [6, 6.07) is 11.4. The van der Waals surface area contributed by atoms with Crippen LogP contribution in [0.4, 0.5) is 5.69 Å². The molecule has 0 atom stereocenters. The number of H-pyrrole nitrogens is 1. The number of hydrogen-bond donors (Lipinski definition) is 2. The van der Waals surface area contributed by atoms with Crippen LogP contribution in [0.3, 0.4) is 0 Å². The molecule has 2 aromatic carbocycles. The summed E-state index contributed by atoms with van der Waals surface area (Å²) in [5.74, 6) is 0.534. The topological polar surface area (TPSA) is 160 Å². The van der Waals surface area contributed by atoms with E-state index in [9.17, 15) is 21.6 Å². The van der Waals surface area contributed by atoms with Gasteiger partial charge in [0.15, 0.2) is 5.52 Å². The summed E-state index contributed by atoms with van der Waals surface area (Å²) in [5.41, 5.74) is 1.56. The molecule has 0 amide bonds. The molecule has 2 aromatic heterocycles. The van der Waals surface area contributed by atoms with E-state index in [1.807, 2.05) is 13.8 Å². The smallest absolute Gasteiger partial charge is 0.279 e. The second-order valence-corrected chi connectivity index (χ2v) is 14.6. The highest BCUT2D eigenvalue weighted by Gasteiger charge is 2.29. The van der Waals surface area contributed by atoms with E-state index in [-0.39, 0.29) is 16.2 Å². The number of aromatic amines is 1. The molecular weight excluding hydrogens is 619 g/mol. The number of sulfonamides is 2. The number of benzene rings is 2. The number of nitrogens with one attached hydrogen (secondary N) is 2. The molecule has 5 rings (SSSR count). The standard InChI is InChI=1S/C30H39N7O6S2/c1-5-10-25-27-28(33-37(25)24-12-9-8-11-23(24)34-44(4,39)40)30(38)32-29(31-27)22-20-21(13-14-26(22)43-19-6-2)45(41,42)36-17-15-35(7-3)16-18-36/h8-9,11-14,20,34H,5-7,10,15-19H2,1-4H3,(H,31,32,38). The van der Waals surface area contributed by atoms with Crippen LogP contribution < -0.4 is 15.0 Å². The number of aromatic nitrogens is 4. The Morgan fingerprint density at radius 3 is 2.36 bits per heavy atom. The lowest BCUT2D eigenvalue weighted by molar-refractivity contribution is 0.196. The number of nitrogens with zero attached hydrogens (tertiary/aromatic N) is 5. The van der Waals surface area contributed by atoms with Crippen molar-refractivity contribution in [2.45, 2.75) is 44.9 Å². The van der Waals surface area contributed by atoms with Gasteiger partial charge in [0, 0.05) is 26.2 Å². The summed E-state index contributed by atoms with van der Waals surface area (Å²) in [4.78, 5) is 23.5. The van der Waals surface area contributed by atoms with Gasteiger partial charge in [-0.25, -0.2) is 26.5 Å². The number of aryl methyl sites for hydroxylation is 1. The van der Waals surface area contributed by atoms with Crippen LogP contribution in [0, 0.1) is 0 Å². The van der Waals surface area contributed by atoms with Gasteiger partial charge in [0.05, 0.1) is 40.4 Å². The van der Waals surface area contributed by atoms with Crippen molar-refractivity contribution in [2.24, 2.45) is 0 Å². The average molecular weight is 658 g/mol. The van der Waals surface area contributed by atoms with Crippen LogP contribution in [0.15, 0.2) is 52.2 Å². The largest absolute Gasteiger partial charge is 0.493 e. The van der Waals surface area contributed by atoms with Gasteiger partial charge >= 0.3 is 0 Å². The maximum atomic E-state index is 13.7. The van der Waals surface area contributed by atoms with Gasteiger partial charge in [0.25, 0.3) is 5.56 Å². The van der Waals surface area contributed by atoms with Crippen LogP contribution in [0.2, 0.25) is 0 Å². The molecule has 0 bridgehead atoms. The SMILES string of the molecule is CCCOc1ccc(S(=O)(=O)N2CCN(CC)CC2)cc1-c1nc2c(CCC)n(-c3ccccc3NS(C)(=O)=O)nc2c(=O)[nH]1. The lowest BCUT2D eigenvalue weighted by Crippen LogP contribution is -2.48. The van der Waals surface area contributed by atoms with Crippen molar-refractivity contribution in [3.63, 3.8) is 0 Å². The first-order valence-corrected chi connectivity index (χ1v) is 18.4. The Morgan fingerprint density at radius 1 is 0.956 bits per heavy atom. The third-order valence-electron chi connectivity index (χ3n) is 7.62. The fraction of sp³-hybridized carbons (Fsp3) is 0.433. The zero-order chi connectivity index (χ0) is 32.4. The average Bonchev–Trinajstić information content (AvgIpc) is 3.38. The minimum absolute atomic E-state index is 0.0740. The van der Waals surface area contributed by atoms with E-state index < -0.39 is 25.6 Å². The van der Waals surface area contributed by atoms with Gasteiger partial charge in [0.2, 0.25) is 20.0 Å². The first-order valence-electron chi connectivity index (χ1n) is 15.1. The number of likely N-dealkylation sites (N-methyl/N-ethyl adjacent to an activating group) is 1. The summed E-state index contributed by atoms with van der Waals surface area (Å²) in [5, 5.41) is 4.57. The van der Waals surface area contributed by atoms with E-state index >= 15 is 0 Å². The molecule has 1 aliphatic heterocycles. The highest BCUT2D eigenvalue weighted by molar-refractivity contribution is 7.92. The highest BCUT2D eigenvalue weighted by Crippen LogP contribution is 2.33.